The molecule has 0 atom stereocenters. The lowest BCUT2D eigenvalue weighted by Gasteiger charge is -2.35. The molecule has 4 nitrogen and oxygen atoms in total. The third kappa shape index (κ3) is 3.26. The van der Waals surface area contributed by atoms with E-state index in [1.807, 2.05) is 21.9 Å². The van der Waals surface area contributed by atoms with Crippen molar-refractivity contribution in [3.63, 3.8) is 0 Å². The van der Waals surface area contributed by atoms with Crippen LogP contribution in [0.2, 0.25) is 0 Å². The van der Waals surface area contributed by atoms with Gasteiger partial charge in [-0.25, -0.2) is 4.79 Å². The highest BCUT2D eigenvalue weighted by Crippen LogP contribution is 2.20. The van der Waals surface area contributed by atoms with Crippen LogP contribution in [0.15, 0.2) is 24.3 Å². The van der Waals surface area contributed by atoms with Crippen molar-refractivity contribution >= 4 is 11.7 Å². The third-order valence-corrected chi connectivity index (χ3v) is 3.42. The van der Waals surface area contributed by atoms with Gasteiger partial charge in [0, 0.05) is 37.9 Å². The average Bonchev–Trinajstić information content (AvgIpc) is 2.42. The molecule has 1 fully saturated rings. The van der Waals surface area contributed by atoms with Crippen molar-refractivity contribution < 1.29 is 4.79 Å². The summed E-state index contributed by atoms with van der Waals surface area (Å²) >= 11 is 0. The minimum Gasteiger partial charge on any atom is -0.322 e. The van der Waals surface area contributed by atoms with Gasteiger partial charge in [-0.15, -0.1) is 0 Å². The predicted octanol–water partition coefficient (Wildman–Crippen LogP) is 2.24. The van der Waals surface area contributed by atoms with Crippen molar-refractivity contribution in [2.75, 3.05) is 31.1 Å². The largest absolute Gasteiger partial charge is 0.324 e. The molecule has 1 aliphatic heterocycles. The number of rotatable bonds is 2. The number of amides is 2. The molecule has 0 saturated carbocycles. The first-order chi connectivity index (χ1) is 9.09. The Morgan fingerprint density at radius 2 is 1.79 bits per heavy atom. The molecule has 0 aromatic heterocycles. The van der Waals surface area contributed by atoms with E-state index in [-0.39, 0.29) is 12.1 Å². The van der Waals surface area contributed by atoms with E-state index in [4.69, 9.17) is 0 Å². The Morgan fingerprint density at radius 1 is 1.21 bits per heavy atom. The number of urea groups is 1. The van der Waals surface area contributed by atoms with E-state index in [1.165, 1.54) is 5.56 Å². The molecule has 2 amide bonds. The summed E-state index contributed by atoms with van der Waals surface area (Å²) in [6.45, 7) is 9.50. The van der Waals surface area contributed by atoms with Crippen molar-refractivity contribution in [3.8, 4) is 0 Å². The Balaban J connectivity index is 2.19. The molecule has 0 radical (unpaired) electrons. The van der Waals surface area contributed by atoms with Gasteiger partial charge in [0.25, 0.3) is 0 Å². The van der Waals surface area contributed by atoms with Crippen molar-refractivity contribution in [2.24, 2.45) is 0 Å². The number of anilines is 1. The lowest BCUT2D eigenvalue weighted by Crippen LogP contribution is -2.53. The molecule has 0 unspecified atom stereocenters. The number of aryl methyl sites for hydroxylation is 1. The smallest absolute Gasteiger partial charge is 0.322 e. The standard InChI is InChI=1S/C15H23N3O/c1-12(2)18(14-6-4-13(3)5-7-14)15(19)17-10-8-16-9-11-17/h4-7,12,16H,8-11H2,1-3H3. The zero-order chi connectivity index (χ0) is 13.8. The maximum atomic E-state index is 12.6. The van der Waals surface area contributed by atoms with Crippen LogP contribution in [-0.2, 0) is 0 Å². The summed E-state index contributed by atoms with van der Waals surface area (Å²) in [6.07, 6.45) is 0. The molecule has 1 saturated heterocycles. The Hall–Kier alpha value is -1.55. The maximum Gasteiger partial charge on any atom is 0.324 e. The van der Waals surface area contributed by atoms with Crippen molar-refractivity contribution in [3.05, 3.63) is 29.8 Å². The lowest BCUT2D eigenvalue weighted by atomic mass is 10.2. The van der Waals surface area contributed by atoms with E-state index in [2.05, 4.69) is 38.2 Å². The summed E-state index contributed by atoms with van der Waals surface area (Å²) < 4.78 is 0. The normalized spacial score (nSPS) is 15.7. The monoisotopic (exact) mass is 261 g/mol. The van der Waals surface area contributed by atoms with E-state index < -0.39 is 0 Å². The first-order valence-electron chi connectivity index (χ1n) is 6.95. The Bertz CT molecular complexity index is 422. The molecule has 104 valence electrons. The van der Waals surface area contributed by atoms with Gasteiger partial charge in [-0.3, -0.25) is 4.90 Å². The summed E-state index contributed by atoms with van der Waals surface area (Å²) in [7, 11) is 0. The van der Waals surface area contributed by atoms with E-state index >= 15 is 0 Å². The SMILES string of the molecule is Cc1ccc(N(C(=O)N2CCNCC2)C(C)C)cc1. The quantitative estimate of drug-likeness (QED) is 0.886. The summed E-state index contributed by atoms with van der Waals surface area (Å²) in [6, 6.07) is 8.42. The van der Waals surface area contributed by atoms with E-state index in [0.29, 0.717) is 0 Å². The van der Waals surface area contributed by atoms with Gasteiger partial charge in [0.2, 0.25) is 0 Å². The summed E-state index contributed by atoms with van der Waals surface area (Å²) in [4.78, 5) is 16.5. The molecule has 1 aliphatic rings. The Morgan fingerprint density at radius 3 is 2.32 bits per heavy atom. The van der Waals surface area contributed by atoms with Gasteiger partial charge in [-0.05, 0) is 32.9 Å². The van der Waals surface area contributed by atoms with Crippen molar-refractivity contribution in [1.29, 1.82) is 0 Å². The first-order valence-corrected chi connectivity index (χ1v) is 6.95. The highest BCUT2D eigenvalue weighted by Gasteiger charge is 2.25. The molecule has 0 aliphatic carbocycles. The van der Waals surface area contributed by atoms with Crippen LogP contribution in [0.25, 0.3) is 0 Å². The Labute approximate surface area is 115 Å². The van der Waals surface area contributed by atoms with Crippen LogP contribution in [0, 0.1) is 6.92 Å². The average molecular weight is 261 g/mol. The maximum absolute atomic E-state index is 12.6. The topological polar surface area (TPSA) is 35.6 Å². The van der Waals surface area contributed by atoms with Crippen molar-refractivity contribution in [2.45, 2.75) is 26.8 Å². The van der Waals surface area contributed by atoms with Crippen LogP contribution >= 0.6 is 0 Å². The zero-order valence-electron chi connectivity index (χ0n) is 12.0. The number of nitrogens with one attached hydrogen (secondary N) is 1. The lowest BCUT2D eigenvalue weighted by molar-refractivity contribution is 0.195. The molecular weight excluding hydrogens is 238 g/mol. The fourth-order valence-corrected chi connectivity index (χ4v) is 2.34. The summed E-state index contributed by atoms with van der Waals surface area (Å²) in [5.74, 6) is 0. The molecule has 1 heterocycles. The number of nitrogens with zero attached hydrogens (tertiary/aromatic N) is 2. The molecule has 0 spiro atoms. The first kappa shape index (κ1) is 13.9. The summed E-state index contributed by atoms with van der Waals surface area (Å²) in [5, 5.41) is 3.27. The zero-order valence-corrected chi connectivity index (χ0v) is 12.0. The number of hydrogen-bond donors (Lipinski definition) is 1. The second-order valence-corrected chi connectivity index (χ2v) is 5.32. The second-order valence-electron chi connectivity index (χ2n) is 5.32. The number of benzene rings is 1. The van der Waals surface area contributed by atoms with Gasteiger partial charge in [0.05, 0.1) is 0 Å². The van der Waals surface area contributed by atoms with E-state index in [1.54, 1.807) is 0 Å². The molecule has 2 rings (SSSR count). The van der Waals surface area contributed by atoms with Crippen LogP contribution in [0.4, 0.5) is 10.5 Å². The van der Waals surface area contributed by atoms with Crippen LogP contribution in [0.3, 0.4) is 0 Å². The number of hydrogen-bond acceptors (Lipinski definition) is 2. The van der Waals surface area contributed by atoms with Crippen molar-refractivity contribution in [1.82, 2.24) is 10.2 Å². The molecule has 19 heavy (non-hydrogen) atoms. The molecule has 1 aromatic carbocycles. The van der Waals surface area contributed by atoms with E-state index in [0.717, 1.165) is 31.9 Å². The van der Waals surface area contributed by atoms with Gasteiger partial charge in [-0.2, -0.15) is 0 Å². The molecular formula is C15H23N3O. The van der Waals surface area contributed by atoms with Gasteiger partial charge in [-0.1, -0.05) is 17.7 Å². The fourth-order valence-electron chi connectivity index (χ4n) is 2.34. The Kier molecular flexibility index (Phi) is 4.43. The number of carbonyl (C=O) groups excluding carboxylic acids is 1. The molecule has 1 aromatic rings. The summed E-state index contributed by atoms with van der Waals surface area (Å²) in [5.41, 5.74) is 2.19. The fraction of sp³-hybridized carbons (Fsp3) is 0.533. The number of piperazine rings is 1. The van der Waals surface area contributed by atoms with Crippen LogP contribution in [-0.4, -0.2) is 43.2 Å². The predicted molar refractivity (Wildman–Crippen MR) is 78.6 cm³/mol. The van der Waals surface area contributed by atoms with Crippen LogP contribution in [0.5, 0.6) is 0 Å². The second kappa shape index (κ2) is 6.06. The van der Waals surface area contributed by atoms with Crippen LogP contribution < -0.4 is 10.2 Å². The van der Waals surface area contributed by atoms with Gasteiger partial charge in [0.1, 0.15) is 0 Å². The molecule has 4 heteroatoms. The highest BCUT2D eigenvalue weighted by molar-refractivity contribution is 5.92. The van der Waals surface area contributed by atoms with E-state index in [9.17, 15) is 4.79 Å². The third-order valence-electron chi connectivity index (χ3n) is 3.42. The van der Waals surface area contributed by atoms with Crippen LogP contribution in [0.1, 0.15) is 19.4 Å². The van der Waals surface area contributed by atoms with Gasteiger partial charge < -0.3 is 10.2 Å². The van der Waals surface area contributed by atoms with Gasteiger partial charge in [0.15, 0.2) is 0 Å². The minimum atomic E-state index is 0.111. The minimum absolute atomic E-state index is 0.111. The highest BCUT2D eigenvalue weighted by atomic mass is 16.2. The molecule has 0 bridgehead atoms. The molecule has 1 N–H and O–H groups in total. The number of carbonyl (C=O) groups is 1. The van der Waals surface area contributed by atoms with Gasteiger partial charge >= 0.3 is 6.03 Å².